The highest BCUT2D eigenvalue weighted by atomic mass is 32.2. The van der Waals surface area contributed by atoms with Crippen LogP contribution in [0.1, 0.15) is 19.4 Å². The Balaban J connectivity index is 3.09. The first kappa shape index (κ1) is 17.1. The van der Waals surface area contributed by atoms with Crippen LogP contribution in [0.3, 0.4) is 0 Å². The molecule has 0 aliphatic carbocycles. The molecule has 0 aliphatic rings. The zero-order valence-electron chi connectivity index (χ0n) is 12.6. The van der Waals surface area contributed by atoms with Crippen LogP contribution in [-0.2, 0) is 21.3 Å². The molecule has 0 aromatic heterocycles. The topological polar surface area (TPSA) is 58.6 Å². The van der Waals surface area contributed by atoms with Gasteiger partial charge in [0, 0.05) is 26.2 Å². The van der Waals surface area contributed by atoms with E-state index in [9.17, 15) is 8.42 Å². The third-order valence-corrected chi connectivity index (χ3v) is 5.05. The fourth-order valence-corrected chi connectivity index (χ4v) is 3.68. The molecule has 0 spiro atoms. The number of rotatable bonds is 8. The first-order valence-corrected chi connectivity index (χ1v) is 8.11. The summed E-state index contributed by atoms with van der Waals surface area (Å²) in [6.45, 7) is 5.11. The van der Waals surface area contributed by atoms with Crippen molar-refractivity contribution in [2.45, 2.75) is 31.3 Å². The third kappa shape index (κ3) is 4.28. The average molecular weight is 300 g/mol. The van der Waals surface area contributed by atoms with Crippen molar-refractivity contribution in [3.05, 3.63) is 29.8 Å². The maximum Gasteiger partial charge on any atom is 0.243 e. The Bertz CT molecular complexity index is 515. The summed E-state index contributed by atoms with van der Waals surface area (Å²) in [6.07, 6.45) is 0. The molecule has 0 aliphatic heterocycles. The molecule has 0 radical (unpaired) electrons. The average Bonchev–Trinajstić information content (AvgIpc) is 2.39. The highest BCUT2D eigenvalue weighted by Crippen LogP contribution is 2.19. The summed E-state index contributed by atoms with van der Waals surface area (Å²) in [4.78, 5) is 0.329. The van der Waals surface area contributed by atoms with E-state index in [-0.39, 0.29) is 6.04 Å². The fourth-order valence-electron chi connectivity index (χ4n) is 1.99. The van der Waals surface area contributed by atoms with Gasteiger partial charge in [-0.3, -0.25) is 0 Å². The number of benzene rings is 1. The molecule has 0 heterocycles. The minimum absolute atomic E-state index is 0.108. The van der Waals surface area contributed by atoms with E-state index in [0.29, 0.717) is 24.6 Å². The van der Waals surface area contributed by atoms with Gasteiger partial charge in [0.2, 0.25) is 10.0 Å². The lowest BCUT2D eigenvalue weighted by atomic mass is 10.2. The van der Waals surface area contributed by atoms with Crippen LogP contribution in [0.5, 0.6) is 0 Å². The molecule has 0 saturated heterocycles. The fraction of sp³-hybridized carbons (Fsp3) is 0.571. The van der Waals surface area contributed by atoms with Crippen molar-refractivity contribution >= 4 is 10.0 Å². The summed E-state index contributed by atoms with van der Waals surface area (Å²) in [7, 11) is -0.0862. The van der Waals surface area contributed by atoms with Crippen LogP contribution in [0.2, 0.25) is 0 Å². The van der Waals surface area contributed by atoms with E-state index in [4.69, 9.17) is 4.74 Å². The summed E-state index contributed by atoms with van der Waals surface area (Å²) in [5, 5.41) is 3.02. The van der Waals surface area contributed by atoms with Crippen LogP contribution in [-0.4, -0.2) is 46.1 Å². The van der Waals surface area contributed by atoms with Gasteiger partial charge in [0.05, 0.1) is 11.5 Å². The second kappa shape index (κ2) is 7.73. The second-order valence-electron chi connectivity index (χ2n) is 4.88. The smallest absolute Gasteiger partial charge is 0.243 e. The molecule has 1 aromatic rings. The highest BCUT2D eigenvalue weighted by molar-refractivity contribution is 7.89. The van der Waals surface area contributed by atoms with Gasteiger partial charge in [-0.25, -0.2) is 8.42 Å². The molecule has 6 heteroatoms. The van der Waals surface area contributed by atoms with Crippen LogP contribution in [0.25, 0.3) is 0 Å². The van der Waals surface area contributed by atoms with Crippen molar-refractivity contribution in [2.75, 3.05) is 27.3 Å². The maximum atomic E-state index is 12.7. The van der Waals surface area contributed by atoms with E-state index < -0.39 is 10.0 Å². The predicted molar refractivity (Wildman–Crippen MR) is 80.1 cm³/mol. The van der Waals surface area contributed by atoms with Gasteiger partial charge >= 0.3 is 0 Å². The summed E-state index contributed by atoms with van der Waals surface area (Å²) in [5.41, 5.74) is 0.948. The summed E-state index contributed by atoms with van der Waals surface area (Å²) < 4.78 is 31.8. The van der Waals surface area contributed by atoms with Gasteiger partial charge < -0.3 is 10.1 Å². The number of hydrogen-bond acceptors (Lipinski definition) is 4. The Morgan fingerprint density at radius 2 is 2.05 bits per heavy atom. The lowest BCUT2D eigenvalue weighted by Crippen LogP contribution is -2.39. The van der Waals surface area contributed by atoms with Gasteiger partial charge in [-0.15, -0.1) is 0 Å². The largest absolute Gasteiger partial charge is 0.383 e. The van der Waals surface area contributed by atoms with Gasteiger partial charge in [0.15, 0.2) is 0 Å². The SMILES string of the molecule is CNCc1cccc(S(=O)(=O)N(CCOC)C(C)C)c1. The van der Waals surface area contributed by atoms with Crippen molar-refractivity contribution in [1.82, 2.24) is 9.62 Å². The monoisotopic (exact) mass is 300 g/mol. The number of nitrogens with zero attached hydrogens (tertiary/aromatic N) is 1. The second-order valence-corrected chi connectivity index (χ2v) is 6.77. The van der Waals surface area contributed by atoms with Gasteiger partial charge in [0.1, 0.15) is 0 Å². The van der Waals surface area contributed by atoms with Crippen molar-refractivity contribution in [3.63, 3.8) is 0 Å². The molecule has 0 atom stereocenters. The quantitative estimate of drug-likeness (QED) is 0.789. The summed E-state index contributed by atoms with van der Waals surface area (Å²) in [6, 6.07) is 6.92. The van der Waals surface area contributed by atoms with E-state index in [1.54, 1.807) is 25.3 Å². The zero-order chi connectivity index (χ0) is 15.2. The number of hydrogen-bond donors (Lipinski definition) is 1. The number of ether oxygens (including phenoxy) is 1. The third-order valence-electron chi connectivity index (χ3n) is 2.98. The molecule has 1 N–H and O–H groups in total. The molecular weight excluding hydrogens is 276 g/mol. The van der Waals surface area contributed by atoms with Gasteiger partial charge in [-0.05, 0) is 38.6 Å². The van der Waals surface area contributed by atoms with E-state index >= 15 is 0 Å². The first-order valence-electron chi connectivity index (χ1n) is 6.67. The molecule has 0 fully saturated rings. The first-order chi connectivity index (χ1) is 9.43. The van der Waals surface area contributed by atoms with Crippen molar-refractivity contribution < 1.29 is 13.2 Å². The molecule has 0 amide bonds. The Labute approximate surface area is 122 Å². The van der Waals surface area contributed by atoms with Crippen molar-refractivity contribution in [1.29, 1.82) is 0 Å². The van der Waals surface area contributed by atoms with Gasteiger partial charge in [0.25, 0.3) is 0 Å². The molecular formula is C14H24N2O3S. The minimum atomic E-state index is -3.49. The lowest BCUT2D eigenvalue weighted by molar-refractivity contribution is 0.171. The Hall–Kier alpha value is -0.950. The molecule has 1 rings (SSSR count). The molecule has 0 unspecified atom stereocenters. The van der Waals surface area contributed by atoms with E-state index in [0.717, 1.165) is 5.56 Å². The Morgan fingerprint density at radius 3 is 2.60 bits per heavy atom. The molecule has 5 nitrogen and oxygen atoms in total. The Morgan fingerprint density at radius 1 is 1.35 bits per heavy atom. The van der Waals surface area contributed by atoms with Crippen molar-refractivity contribution in [2.24, 2.45) is 0 Å². The highest BCUT2D eigenvalue weighted by Gasteiger charge is 2.26. The van der Waals surface area contributed by atoms with E-state index in [1.807, 2.05) is 27.0 Å². The van der Waals surface area contributed by atoms with E-state index in [2.05, 4.69) is 5.32 Å². The lowest BCUT2D eigenvalue weighted by Gasteiger charge is -2.25. The number of sulfonamides is 1. The normalized spacial score (nSPS) is 12.3. The zero-order valence-corrected chi connectivity index (χ0v) is 13.4. The molecule has 20 heavy (non-hydrogen) atoms. The number of nitrogens with one attached hydrogen (secondary N) is 1. The molecule has 114 valence electrons. The van der Waals surface area contributed by atoms with Crippen LogP contribution >= 0.6 is 0 Å². The van der Waals surface area contributed by atoms with Gasteiger partial charge in [-0.2, -0.15) is 4.31 Å². The van der Waals surface area contributed by atoms with Crippen LogP contribution < -0.4 is 5.32 Å². The van der Waals surface area contributed by atoms with Crippen LogP contribution in [0.15, 0.2) is 29.2 Å². The molecule has 0 bridgehead atoms. The van der Waals surface area contributed by atoms with Crippen LogP contribution in [0, 0.1) is 0 Å². The predicted octanol–water partition coefficient (Wildman–Crippen LogP) is 1.45. The maximum absolute atomic E-state index is 12.7. The number of methoxy groups -OCH3 is 1. The molecule has 1 aromatic carbocycles. The summed E-state index contributed by atoms with van der Waals surface area (Å²) >= 11 is 0. The Kier molecular flexibility index (Phi) is 6.61. The standard InChI is InChI=1S/C14H24N2O3S/c1-12(2)16(8-9-19-4)20(17,18)14-7-5-6-13(10-14)11-15-3/h5-7,10,12,15H,8-9,11H2,1-4H3. The summed E-state index contributed by atoms with van der Waals surface area (Å²) in [5.74, 6) is 0. The minimum Gasteiger partial charge on any atom is -0.383 e. The van der Waals surface area contributed by atoms with Crippen molar-refractivity contribution in [3.8, 4) is 0 Å². The van der Waals surface area contributed by atoms with Gasteiger partial charge in [-0.1, -0.05) is 12.1 Å². The van der Waals surface area contributed by atoms with E-state index in [1.165, 1.54) is 4.31 Å². The molecule has 0 saturated carbocycles. The van der Waals surface area contributed by atoms with Crippen LogP contribution in [0.4, 0.5) is 0 Å².